The highest BCUT2D eigenvalue weighted by atomic mass is 127. The molecule has 1 heterocycles. The van der Waals surface area contributed by atoms with Crippen LogP contribution in [0.5, 0.6) is 5.75 Å². The molecular formula is C25H18BrClI2N2O2S. The Bertz CT molecular complexity index is 1300. The van der Waals surface area contributed by atoms with Crippen molar-refractivity contribution in [3.05, 3.63) is 92.3 Å². The Morgan fingerprint density at radius 2 is 1.71 bits per heavy atom. The van der Waals surface area contributed by atoms with E-state index in [-0.39, 0.29) is 5.91 Å². The average Bonchev–Trinajstić information content (AvgIpc) is 3.11. The molecule has 9 heteroatoms. The maximum atomic E-state index is 12.6. The predicted molar refractivity (Wildman–Crippen MR) is 162 cm³/mol. The first-order valence-electron chi connectivity index (χ1n) is 10.1. The second-order valence-electron chi connectivity index (χ2n) is 7.60. The molecule has 1 N–H and O–H groups in total. The van der Waals surface area contributed by atoms with E-state index >= 15 is 0 Å². The zero-order valence-corrected chi connectivity index (χ0v) is 25.6. The first-order chi connectivity index (χ1) is 16.2. The minimum Gasteiger partial charge on any atom is -0.487 e. The number of carbonyl (C=O) groups is 1. The van der Waals surface area contributed by atoms with Gasteiger partial charge in [-0.05, 0) is 136 Å². The fraction of sp³-hybridized carbons (Fsp3) is 0.120. The Morgan fingerprint density at radius 1 is 1.09 bits per heavy atom. The Balaban J connectivity index is 1.51. The van der Waals surface area contributed by atoms with Crippen molar-refractivity contribution in [1.29, 1.82) is 0 Å². The number of ether oxygens (including phenoxy) is 1. The number of amidine groups is 1. The SMILES string of the molecule is Cc1cc(N=C2NC(=O)/C(=C/c3cc(I)c(OCc4ccc(Cl)cc4)c(I)c3)S2)cc(C)c1Br. The van der Waals surface area contributed by atoms with E-state index in [1.54, 1.807) is 0 Å². The smallest absolute Gasteiger partial charge is 0.264 e. The van der Waals surface area contributed by atoms with Gasteiger partial charge in [-0.15, -0.1) is 0 Å². The summed E-state index contributed by atoms with van der Waals surface area (Å²) < 4.78 is 9.09. The van der Waals surface area contributed by atoms with Crippen molar-refractivity contribution in [2.75, 3.05) is 0 Å². The van der Waals surface area contributed by atoms with Gasteiger partial charge in [0.2, 0.25) is 0 Å². The van der Waals surface area contributed by atoms with Crippen LogP contribution in [0.3, 0.4) is 0 Å². The fourth-order valence-electron chi connectivity index (χ4n) is 3.27. The van der Waals surface area contributed by atoms with E-state index < -0.39 is 0 Å². The Morgan fingerprint density at radius 3 is 2.32 bits per heavy atom. The molecule has 1 aliphatic rings. The van der Waals surface area contributed by atoms with Gasteiger partial charge in [0.15, 0.2) is 5.17 Å². The summed E-state index contributed by atoms with van der Waals surface area (Å²) in [5, 5.41) is 4.14. The van der Waals surface area contributed by atoms with Gasteiger partial charge in [-0.3, -0.25) is 4.79 Å². The number of carbonyl (C=O) groups excluding carboxylic acids is 1. The molecule has 0 bridgehead atoms. The Kier molecular flexibility index (Phi) is 8.66. The first kappa shape index (κ1) is 26.0. The third kappa shape index (κ3) is 6.37. The van der Waals surface area contributed by atoms with Gasteiger partial charge in [0.05, 0.1) is 17.7 Å². The second-order valence-corrected chi connectivity index (χ2v) is 12.2. The van der Waals surface area contributed by atoms with Crippen LogP contribution in [0.4, 0.5) is 5.69 Å². The lowest BCUT2D eigenvalue weighted by atomic mass is 10.1. The van der Waals surface area contributed by atoms with Gasteiger partial charge in [-0.2, -0.15) is 0 Å². The summed E-state index contributed by atoms with van der Waals surface area (Å²) in [7, 11) is 0. The van der Waals surface area contributed by atoms with Crippen LogP contribution in [0.1, 0.15) is 22.3 Å². The van der Waals surface area contributed by atoms with Crippen LogP contribution in [0.25, 0.3) is 6.08 Å². The second kappa shape index (κ2) is 11.3. The molecule has 1 saturated heterocycles. The van der Waals surface area contributed by atoms with Crippen LogP contribution in [0, 0.1) is 21.0 Å². The molecule has 174 valence electrons. The van der Waals surface area contributed by atoms with Crippen LogP contribution >= 0.6 is 84.5 Å². The van der Waals surface area contributed by atoms with E-state index in [9.17, 15) is 4.79 Å². The molecular weight excluding hydrogens is 762 g/mol. The van der Waals surface area contributed by atoms with Gasteiger partial charge in [0.25, 0.3) is 5.91 Å². The normalized spacial score (nSPS) is 15.8. The molecule has 0 aromatic heterocycles. The molecule has 0 spiro atoms. The largest absolute Gasteiger partial charge is 0.487 e. The quantitative estimate of drug-likeness (QED) is 0.209. The number of hydrogen-bond donors (Lipinski definition) is 1. The third-order valence-electron chi connectivity index (χ3n) is 4.92. The van der Waals surface area contributed by atoms with E-state index in [1.165, 1.54) is 11.8 Å². The summed E-state index contributed by atoms with van der Waals surface area (Å²) in [6.07, 6.45) is 1.88. The van der Waals surface area contributed by atoms with Gasteiger partial charge in [0, 0.05) is 9.50 Å². The summed E-state index contributed by atoms with van der Waals surface area (Å²) in [5.74, 6) is 0.674. The predicted octanol–water partition coefficient (Wildman–Crippen LogP) is 8.40. The summed E-state index contributed by atoms with van der Waals surface area (Å²) in [6.45, 7) is 4.51. The van der Waals surface area contributed by atoms with E-state index in [0.717, 1.165) is 45.3 Å². The van der Waals surface area contributed by atoms with Crippen LogP contribution in [0.15, 0.2) is 62.9 Å². The van der Waals surface area contributed by atoms with Crippen molar-refractivity contribution in [3.63, 3.8) is 0 Å². The van der Waals surface area contributed by atoms with Crippen LogP contribution < -0.4 is 10.1 Å². The van der Waals surface area contributed by atoms with Gasteiger partial charge in [-0.25, -0.2) is 4.99 Å². The topological polar surface area (TPSA) is 50.7 Å². The lowest BCUT2D eigenvalue weighted by Crippen LogP contribution is -2.19. The summed E-state index contributed by atoms with van der Waals surface area (Å²) >= 11 is 15.4. The van der Waals surface area contributed by atoms with Crippen molar-refractivity contribution in [3.8, 4) is 5.75 Å². The first-order valence-corrected chi connectivity index (χ1v) is 14.3. The summed E-state index contributed by atoms with van der Waals surface area (Å²) in [4.78, 5) is 17.8. The van der Waals surface area contributed by atoms with Crippen LogP contribution in [0.2, 0.25) is 5.02 Å². The highest BCUT2D eigenvalue weighted by molar-refractivity contribution is 14.1. The molecule has 1 aliphatic heterocycles. The number of nitrogens with one attached hydrogen (secondary N) is 1. The average molecular weight is 780 g/mol. The minimum absolute atomic E-state index is 0.151. The van der Waals surface area contributed by atoms with E-state index in [4.69, 9.17) is 16.3 Å². The van der Waals surface area contributed by atoms with Crippen LogP contribution in [-0.4, -0.2) is 11.1 Å². The monoisotopic (exact) mass is 778 g/mol. The molecule has 4 nitrogen and oxygen atoms in total. The molecule has 4 rings (SSSR count). The van der Waals surface area contributed by atoms with Crippen molar-refractivity contribution in [2.45, 2.75) is 20.5 Å². The van der Waals surface area contributed by atoms with Gasteiger partial charge >= 0.3 is 0 Å². The van der Waals surface area contributed by atoms with Crippen molar-refractivity contribution in [2.24, 2.45) is 4.99 Å². The summed E-state index contributed by atoms with van der Waals surface area (Å²) in [6, 6.07) is 15.6. The Labute approximate surface area is 243 Å². The number of benzene rings is 3. The van der Waals surface area contributed by atoms with Crippen molar-refractivity contribution in [1.82, 2.24) is 5.32 Å². The molecule has 1 fully saturated rings. The van der Waals surface area contributed by atoms with Crippen molar-refractivity contribution < 1.29 is 9.53 Å². The van der Waals surface area contributed by atoms with Gasteiger partial charge in [0.1, 0.15) is 12.4 Å². The number of halogens is 4. The van der Waals surface area contributed by atoms with Gasteiger partial charge in [-0.1, -0.05) is 39.7 Å². The molecule has 0 saturated carbocycles. The van der Waals surface area contributed by atoms with E-state index in [2.05, 4.69) is 71.4 Å². The number of aliphatic imine (C=N–C) groups is 1. The molecule has 34 heavy (non-hydrogen) atoms. The molecule has 3 aromatic rings. The standard InChI is InChI=1S/C25H18BrClI2N2O2S/c1-13-7-18(8-14(2)22(13)26)30-25-31-24(32)21(34-25)11-16-9-19(28)23(20(29)10-16)33-12-15-3-5-17(27)6-4-15/h3-11H,12H2,1-2H3,(H,30,31,32)/b21-11-. The van der Waals surface area contributed by atoms with Crippen LogP contribution in [-0.2, 0) is 11.4 Å². The molecule has 0 atom stereocenters. The summed E-state index contributed by atoms with van der Waals surface area (Å²) in [5.41, 5.74) is 5.00. The fourth-order valence-corrected chi connectivity index (χ4v) is 6.60. The molecule has 1 amide bonds. The number of nitrogens with zero attached hydrogens (tertiary/aromatic N) is 1. The zero-order chi connectivity index (χ0) is 24.4. The van der Waals surface area contributed by atoms with Crippen molar-refractivity contribution >= 4 is 107 Å². The maximum Gasteiger partial charge on any atom is 0.264 e. The Hall–Kier alpha value is -1.08. The zero-order valence-electron chi connectivity index (χ0n) is 18.1. The lowest BCUT2D eigenvalue weighted by molar-refractivity contribution is -0.115. The third-order valence-corrected chi connectivity index (χ3v) is 8.93. The molecule has 0 radical (unpaired) electrons. The number of thioether (sulfide) groups is 1. The lowest BCUT2D eigenvalue weighted by Gasteiger charge is -2.12. The highest BCUT2D eigenvalue weighted by Gasteiger charge is 2.24. The number of aryl methyl sites for hydroxylation is 2. The number of hydrogen-bond acceptors (Lipinski definition) is 4. The molecule has 0 aliphatic carbocycles. The molecule has 0 unspecified atom stereocenters. The van der Waals surface area contributed by atoms with E-state index in [0.29, 0.717) is 21.7 Å². The van der Waals surface area contributed by atoms with E-state index in [1.807, 2.05) is 68.5 Å². The number of amides is 1. The minimum atomic E-state index is -0.151. The highest BCUT2D eigenvalue weighted by Crippen LogP contribution is 2.34. The molecule has 3 aromatic carbocycles. The number of rotatable bonds is 5. The maximum absolute atomic E-state index is 12.6. The van der Waals surface area contributed by atoms with Gasteiger partial charge < -0.3 is 10.1 Å².